The van der Waals surface area contributed by atoms with E-state index >= 15 is 0 Å². The van der Waals surface area contributed by atoms with E-state index in [0.717, 1.165) is 0 Å². The fraction of sp³-hybridized carbons (Fsp3) is 0.600. The van der Waals surface area contributed by atoms with Gasteiger partial charge in [0.15, 0.2) is 0 Å². The Bertz CT molecular complexity index is 194. The van der Waals surface area contributed by atoms with Crippen LogP contribution in [0.5, 0.6) is 0 Å². The number of halogens is 1. The van der Waals surface area contributed by atoms with Crippen LogP contribution in [0.25, 0.3) is 0 Å². The standard InChI is InChI=1S/C5H7ClN2O2/c1-5(2-6)3(9)7-4(10)8-5/h2H2,1H3,(H2,7,8,9,10)/t5-/m0/s1. The van der Waals surface area contributed by atoms with Gasteiger partial charge in [0.25, 0.3) is 5.91 Å². The van der Waals surface area contributed by atoms with Crippen LogP contribution in [0.2, 0.25) is 0 Å². The monoisotopic (exact) mass is 162 g/mol. The normalized spacial score (nSPS) is 31.8. The molecule has 0 radical (unpaired) electrons. The molecule has 0 aromatic heterocycles. The molecule has 5 heteroatoms. The zero-order chi connectivity index (χ0) is 7.78. The molecule has 0 aliphatic carbocycles. The lowest BCUT2D eigenvalue weighted by Gasteiger charge is -2.15. The van der Waals surface area contributed by atoms with Crippen molar-refractivity contribution in [2.24, 2.45) is 0 Å². The molecule has 0 bridgehead atoms. The number of alkyl halides is 1. The number of carbonyl (C=O) groups is 2. The fourth-order valence-electron chi connectivity index (χ4n) is 0.674. The number of nitrogens with one attached hydrogen (secondary N) is 2. The first-order valence-electron chi connectivity index (χ1n) is 2.78. The third-order valence-corrected chi connectivity index (χ3v) is 1.92. The van der Waals surface area contributed by atoms with Gasteiger partial charge in [0.2, 0.25) is 0 Å². The van der Waals surface area contributed by atoms with Crippen LogP contribution < -0.4 is 10.6 Å². The highest BCUT2D eigenvalue weighted by molar-refractivity contribution is 6.22. The van der Waals surface area contributed by atoms with Gasteiger partial charge in [-0.15, -0.1) is 11.6 Å². The van der Waals surface area contributed by atoms with Crippen LogP contribution in [-0.2, 0) is 4.79 Å². The third kappa shape index (κ3) is 0.945. The summed E-state index contributed by atoms with van der Waals surface area (Å²) in [5.41, 5.74) is -0.918. The molecule has 0 spiro atoms. The Morgan fingerprint density at radius 3 is 2.40 bits per heavy atom. The first-order chi connectivity index (χ1) is 4.58. The zero-order valence-electron chi connectivity index (χ0n) is 5.40. The van der Waals surface area contributed by atoms with E-state index in [2.05, 4.69) is 10.6 Å². The molecule has 1 atom stereocenters. The zero-order valence-corrected chi connectivity index (χ0v) is 6.16. The number of rotatable bonds is 1. The largest absolute Gasteiger partial charge is 0.322 e. The Morgan fingerprint density at radius 2 is 2.20 bits per heavy atom. The van der Waals surface area contributed by atoms with Crippen molar-refractivity contribution in [2.75, 3.05) is 5.88 Å². The second-order valence-electron chi connectivity index (χ2n) is 2.37. The second kappa shape index (κ2) is 2.12. The molecule has 0 aromatic carbocycles. The Labute approximate surface area is 62.9 Å². The van der Waals surface area contributed by atoms with Crippen molar-refractivity contribution in [2.45, 2.75) is 12.5 Å². The molecular weight excluding hydrogens is 156 g/mol. The summed E-state index contributed by atoms with van der Waals surface area (Å²) in [4.78, 5) is 21.4. The molecular formula is C5H7ClN2O2. The van der Waals surface area contributed by atoms with Crippen LogP contribution in [0.4, 0.5) is 4.79 Å². The van der Waals surface area contributed by atoms with Crippen LogP contribution >= 0.6 is 11.6 Å². The number of carbonyl (C=O) groups excluding carboxylic acids is 2. The van der Waals surface area contributed by atoms with Crippen molar-refractivity contribution < 1.29 is 9.59 Å². The molecule has 0 unspecified atom stereocenters. The van der Waals surface area contributed by atoms with Gasteiger partial charge >= 0.3 is 6.03 Å². The second-order valence-corrected chi connectivity index (χ2v) is 2.64. The molecule has 2 N–H and O–H groups in total. The molecule has 1 saturated heterocycles. The molecule has 1 aliphatic rings. The predicted octanol–water partition coefficient (Wildman–Crippen LogP) is -0.177. The van der Waals surface area contributed by atoms with Crippen LogP contribution in [0.15, 0.2) is 0 Å². The minimum absolute atomic E-state index is 0.0879. The summed E-state index contributed by atoms with van der Waals surface area (Å²) in [6.45, 7) is 1.57. The average molecular weight is 163 g/mol. The Morgan fingerprint density at radius 1 is 1.60 bits per heavy atom. The van der Waals surface area contributed by atoms with Gasteiger partial charge in [-0.3, -0.25) is 10.1 Å². The van der Waals surface area contributed by atoms with E-state index in [1.807, 2.05) is 0 Å². The van der Waals surface area contributed by atoms with E-state index in [0.29, 0.717) is 0 Å². The van der Waals surface area contributed by atoms with Gasteiger partial charge < -0.3 is 5.32 Å². The van der Waals surface area contributed by atoms with Gasteiger partial charge in [-0.25, -0.2) is 4.79 Å². The van der Waals surface area contributed by atoms with Crippen molar-refractivity contribution in [1.82, 2.24) is 10.6 Å². The summed E-state index contributed by atoms with van der Waals surface area (Å²) in [6.07, 6.45) is 0. The maximum atomic E-state index is 10.9. The van der Waals surface area contributed by atoms with Crippen LogP contribution in [-0.4, -0.2) is 23.4 Å². The number of amides is 3. The highest BCUT2D eigenvalue weighted by atomic mass is 35.5. The maximum absolute atomic E-state index is 10.9. The predicted molar refractivity (Wildman–Crippen MR) is 35.8 cm³/mol. The molecule has 3 amide bonds. The first-order valence-corrected chi connectivity index (χ1v) is 3.31. The maximum Gasteiger partial charge on any atom is 0.322 e. The fourth-order valence-corrected chi connectivity index (χ4v) is 0.862. The number of imide groups is 1. The lowest BCUT2D eigenvalue weighted by molar-refractivity contribution is -0.122. The Balaban J connectivity index is 2.80. The molecule has 10 heavy (non-hydrogen) atoms. The average Bonchev–Trinajstić information content (AvgIpc) is 2.09. The van der Waals surface area contributed by atoms with Gasteiger partial charge in [0, 0.05) is 0 Å². The minimum atomic E-state index is -0.918. The quantitative estimate of drug-likeness (QED) is 0.415. The Hall–Kier alpha value is -0.770. The minimum Gasteiger partial charge on any atom is -0.322 e. The lowest BCUT2D eigenvalue weighted by atomic mass is 10.1. The number of urea groups is 1. The molecule has 1 fully saturated rings. The molecule has 0 aromatic rings. The van der Waals surface area contributed by atoms with Crippen molar-refractivity contribution in [1.29, 1.82) is 0 Å². The number of hydrogen-bond donors (Lipinski definition) is 2. The summed E-state index contributed by atoms with van der Waals surface area (Å²) < 4.78 is 0. The molecule has 1 aliphatic heterocycles. The van der Waals surface area contributed by atoms with Crippen LogP contribution in [0.3, 0.4) is 0 Å². The van der Waals surface area contributed by atoms with Gasteiger partial charge in [-0.2, -0.15) is 0 Å². The van der Waals surface area contributed by atoms with E-state index in [4.69, 9.17) is 11.6 Å². The first kappa shape index (κ1) is 7.34. The van der Waals surface area contributed by atoms with Gasteiger partial charge in [-0.05, 0) is 6.92 Å². The smallest absolute Gasteiger partial charge is 0.322 e. The summed E-state index contributed by atoms with van der Waals surface area (Å²) in [5, 5.41) is 4.48. The SMILES string of the molecule is C[C@@]1(CCl)NC(=O)NC1=O. The van der Waals surface area contributed by atoms with Crippen molar-refractivity contribution in [3.05, 3.63) is 0 Å². The van der Waals surface area contributed by atoms with Gasteiger partial charge in [0.05, 0.1) is 5.88 Å². The molecule has 4 nitrogen and oxygen atoms in total. The lowest BCUT2D eigenvalue weighted by Crippen LogP contribution is -2.45. The highest BCUT2D eigenvalue weighted by Gasteiger charge is 2.40. The molecule has 1 heterocycles. The topological polar surface area (TPSA) is 58.2 Å². The summed E-state index contributed by atoms with van der Waals surface area (Å²) in [6, 6.07) is -0.479. The highest BCUT2D eigenvalue weighted by Crippen LogP contribution is 2.10. The van der Waals surface area contributed by atoms with E-state index in [1.165, 1.54) is 0 Å². The van der Waals surface area contributed by atoms with Gasteiger partial charge in [-0.1, -0.05) is 0 Å². The third-order valence-electron chi connectivity index (χ3n) is 1.38. The van der Waals surface area contributed by atoms with E-state index in [-0.39, 0.29) is 11.8 Å². The number of hydrogen-bond acceptors (Lipinski definition) is 2. The van der Waals surface area contributed by atoms with Crippen LogP contribution in [0.1, 0.15) is 6.92 Å². The van der Waals surface area contributed by atoms with Crippen LogP contribution in [0, 0.1) is 0 Å². The van der Waals surface area contributed by atoms with E-state index in [9.17, 15) is 9.59 Å². The Kier molecular flexibility index (Phi) is 1.56. The van der Waals surface area contributed by atoms with Crippen molar-refractivity contribution >= 4 is 23.5 Å². The van der Waals surface area contributed by atoms with E-state index in [1.54, 1.807) is 6.92 Å². The van der Waals surface area contributed by atoms with E-state index < -0.39 is 11.6 Å². The summed E-state index contributed by atoms with van der Waals surface area (Å²) in [7, 11) is 0. The summed E-state index contributed by atoms with van der Waals surface area (Å²) in [5.74, 6) is -0.280. The molecule has 0 saturated carbocycles. The van der Waals surface area contributed by atoms with Crippen molar-refractivity contribution in [3.8, 4) is 0 Å². The van der Waals surface area contributed by atoms with Crippen molar-refractivity contribution in [3.63, 3.8) is 0 Å². The van der Waals surface area contributed by atoms with Gasteiger partial charge in [0.1, 0.15) is 5.54 Å². The summed E-state index contributed by atoms with van der Waals surface area (Å²) >= 11 is 5.43. The molecule has 1 rings (SSSR count). The molecule has 56 valence electrons.